The molecule has 0 bridgehead atoms. The van der Waals surface area contributed by atoms with E-state index in [0.29, 0.717) is 41.8 Å². The maximum Gasteiger partial charge on any atom is 0.251 e. The maximum absolute atomic E-state index is 13.6. The van der Waals surface area contributed by atoms with E-state index in [1.807, 2.05) is 59.5 Å². The van der Waals surface area contributed by atoms with Crippen LogP contribution < -0.4 is 10.6 Å². The van der Waals surface area contributed by atoms with Crippen LogP contribution in [0.1, 0.15) is 35.2 Å². The SMILES string of the molecule is O=C(NCC1CCN(Cc2cc(Cl)cc(Cl)c2)C(=O)[C@H](CN2CCCC2)N1)c1ccc2ccccc2c1. The van der Waals surface area contributed by atoms with Gasteiger partial charge in [0.1, 0.15) is 0 Å². The summed E-state index contributed by atoms with van der Waals surface area (Å²) in [5, 5.41) is 9.92. The third-order valence-corrected chi connectivity index (χ3v) is 7.69. The van der Waals surface area contributed by atoms with E-state index >= 15 is 0 Å². The highest BCUT2D eigenvalue weighted by Crippen LogP contribution is 2.22. The molecule has 5 rings (SSSR count). The summed E-state index contributed by atoms with van der Waals surface area (Å²) in [5.74, 6) is -0.0315. The monoisotopic (exact) mass is 538 g/mol. The molecule has 2 aliphatic heterocycles. The average molecular weight is 540 g/mol. The molecule has 3 aromatic rings. The van der Waals surface area contributed by atoms with Crippen molar-refractivity contribution < 1.29 is 9.59 Å². The van der Waals surface area contributed by atoms with E-state index in [1.165, 1.54) is 0 Å². The molecule has 8 heteroatoms. The minimum atomic E-state index is -0.335. The van der Waals surface area contributed by atoms with Crippen molar-refractivity contribution in [2.45, 2.75) is 37.9 Å². The molecule has 0 spiro atoms. The standard InChI is InChI=1S/C29H32Cl2N4O2/c30-24-13-20(14-25(31)16-24)18-35-12-9-26(33-27(29(35)37)19-34-10-3-4-11-34)17-32-28(36)23-8-7-21-5-1-2-6-22(21)15-23/h1-2,5-8,13-16,26-27,33H,3-4,9-12,17-19H2,(H,32,36)/t26?,27-/m0/s1. The van der Waals surface area contributed by atoms with E-state index in [4.69, 9.17) is 23.2 Å². The molecule has 0 aliphatic carbocycles. The maximum atomic E-state index is 13.6. The Morgan fingerprint density at radius 2 is 1.68 bits per heavy atom. The lowest BCUT2D eigenvalue weighted by Gasteiger charge is -2.28. The fourth-order valence-corrected chi connectivity index (χ4v) is 5.90. The van der Waals surface area contributed by atoms with Crippen LogP contribution >= 0.6 is 23.2 Å². The Bertz CT molecular complexity index is 1260. The van der Waals surface area contributed by atoms with Crippen LogP contribution in [0.25, 0.3) is 10.8 Å². The predicted molar refractivity (Wildman–Crippen MR) is 149 cm³/mol. The number of carbonyl (C=O) groups is 2. The van der Waals surface area contributed by atoms with Gasteiger partial charge in [-0.05, 0) is 79.0 Å². The lowest BCUT2D eigenvalue weighted by Crippen LogP contribution is -2.53. The first-order valence-electron chi connectivity index (χ1n) is 12.9. The van der Waals surface area contributed by atoms with Crippen LogP contribution in [-0.4, -0.2) is 66.4 Å². The zero-order valence-corrected chi connectivity index (χ0v) is 22.3. The van der Waals surface area contributed by atoms with Gasteiger partial charge in [0.15, 0.2) is 0 Å². The Morgan fingerprint density at radius 3 is 2.43 bits per heavy atom. The van der Waals surface area contributed by atoms with Gasteiger partial charge in [0.05, 0.1) is 6.04 Å². The first kappa shape index (κ1) is 26.0. The van der Waals surface area contributed by atoms with E-state index in [2.05, 4.69) is 15.5 Å². The van der Waals surface area contributed by atoms with Gasteiger partial charge in [-0.3, -0.25) is 9.59 Å². The number of hydrogen-bond acceptors (Lipinski definition) is 4. The van der Waals surface area contributed by atoms with Gasteiger partial charge in [0.2, 0.25) is 5.91 Å². The van der Waals surface area contributed by atoms with Crippen molar-refractivity contribution in [3.05, 3.63) is 81.8 Å². The summed E-state index contributed by atoms with van der Waals surface area (Å²) >= 11 is 12.4. The molecule has 2 fully saturated rings. The van der Waals surface area contributed by atoms with Crippen molar-refractivity contribution in [2.75, 3.05) is 32.7 Å². The van der Waals surface area contributed by atoms with Crippen LogP contribution in [0.3, 0.4) is 0 Å². The molecule has 2 aliphatic rings. The molecule has 0 aromatic heterocycles. The van der Waals surface area contributed by atoms with E-state index < -0.39 is 0 Å². The molecule has 2 saturated heterocycles. The first-order valence-corrected chi connectivity index (χ1v) is 13.7. The number of nitrogens with zero attached hydrogens (tertiary/aromatic N) is 2. The van der Waals surface area contributed by atoms with Crippen molar-refractivity contribution >= 4 is 45.8 Å². The quantitative estimate of drug-likeness (QED) is 0.456. The molecule has 6 nitrogen and oxygen atoms in total. The Kier molecular flexibility index (Phi) is 8.30. The van der Waals surface area contributed by atoms with E-state index in [0.717, 1.165) is 48.7 Å². The van der Waals surface area contributed by atoms with Crippen molar-refractivity contribution in [3.8, 4) is 0 Å². The number of nitrogens with one attached hydrogen (secondary N) is 2. The van der Waals surface area contributed by atoms with Crippen molar-refractivity contribution in [2.24, 2.45) is 0 Å². The third-order valence-electron chi connectivity index (χ3n) is 7.25. The molecular weight excluding hydrogens is 507 g/mol. The molecule has 2 atom stereocenters. The molecule has 1 unspecified atom stereocenters. The van der Waals surface area contributed by atoms with Crippen LogP contribution in [0, 0.1) is 0 Å². The van der Waals surface area contributed by atoms with Gasteiger partial charge in [0, 0.05) is 47.8 Å². The topological polar surface area (TPSA) is 64.7 Å². The number of likely N-dealkylation sites (tertiary alicyclic amines) is 1. The largest absolute Gasteiger partial charge is 0.350 e. The molecule has 194 valence electrons. The summed E-state index contributed by atoms with van der Waals surface area (Å²) in [7, 11) is 0. The van der Waals surface area contributed by atoms with Crippen LogP contribution in [0.2, 0.25) is 10.0 Å². The summed E-state index contributed by atoms with van der Waals surface area (Å²) < 4.78 is 0. The molecule has 3 aromatic carbocycles. The zero-order chi connectivity index (χ0) is 25.8. The van der Waals surface area contributed by atoms with Gasteiger partial charge in [-0.25, -0.2) is 0 Å². The van der Waals surface area contributed by atoms with Crippen LogP contribution in [-0.2, 0) is 11.3 Å². The predicted octanol–water partition coefficient (Wildman–Crippen LogP) is 4.73. The number of halogens is 2. The second-order valence-corrected chi connectivity index (χ2v) is 10.9. The zero-order valence-electron chi connectivity index (χ0n) is 20.8. The lowest BCUT2D eigenvalue weighted by molar-refractivity contribution is -0.133. The fourth-order valence-electron chi connectivity index (χ4n) is 5.32. The van der Waals surface area contributed by atoms with Crippen LogP contribution in [0.15, 0.2) is 60.7 Å². The first-order chi connectivity index (χ1) is 17.9. The number of fused-ring (bicyclic) bond motifs is 1. The lowest BCUT2D eigenvalue weighted by atomic mass is 10.1. The molecular formula is C29H32Cl2N4O2. The number of hydrogen-bond donors (Lipinski definition) is 2. The van der Waals surface area contributed by atoms with Gasteiger partial charge in [-0.15, -0.1) is 0 Å². The minimum absolute atomic E-state index is 0.0195. The van der Waals surface area contributed by atoms with Crippen molar-refractivity contribution in [1.29, 1.82) is 0 Å². The third kappa shape index (κ3) is 6.63. The summed E-state index contributed by atoms with van der Waals surface area (Å²) in [6, 6.07) is 18.8. The van der Waals surface area contributed by atoms with Gasteiger partial charge in [-0.2, -0.15) is 0 Å². The highest BCUT2D eigenvalue weighted by atomic mass is 35.5. The van der Waals surface area contributed by atoms with Crippen LogP contribution in [0.4, 0.5) is 0 Å². The number of rotatable bonds is 7. The van der Waals surface area contributed by atoms with Gasteiger partial charge >= 0.3 is 0 Å². The summed E-state index contributed by atoms with van der Waals surface area (Å²) in [6.45, 7) is 4.18. The second kappa shape index (κ2) is 11.8. The van der Waals surface area contributed by atoms with Gasteiger partial charge < -0.3 is 20.4 Å². The summed E-state index contributed by atoms with van der Waals surface area (Å²) in [5.41, 5.74) is 1.55. The van der Waals surface area contributed by atoms with Gasteiger partial charge in [0.25, 0.3) is 5.91 Å². The van der Waals surface area contributed by atoms with E-state index in [-0.39, 0.29) is 23.9 Å². The Morgan fingerprint density at radius 1 is 0.946 bits per heavy atom. The molecule has 37 heavy (non-hydrogen) atoms. The molecule has 2 heterocycles. The highest BCUT2D eigenvalue weighted by molar-refractivity contribution is 6.34. The Labute approximate surface area is 227 Å². The summed E-state index contributed by atoms with van der Waals surface area (Å²) in [6.07, 6.45) is 3.06. The average Bonchev–Trinajstić information content (AvgIpc) is 3.35. The number of benzene rings is 3. The van der Waals surface area contributed by atoms with E-state index in [1.54, 1.807) is 6.07 Å². The molecule has 0 saturated carbocycles. The highest BCUT2D eigenvalue weighted by Gasteiger charge is 2.33. The summed E-state index contributed by atoms with van der Waals surface area (Å²) in [4.78, 5) is 30.8. The Balaban J connectivity index is 1.27. The molecule has 2 amide bonds. The van der Waals surface area contributed by atoms with Crippen LogP contribution in [0.5, 0.6) is 0 Å². The van der Waals surface area contributed by atoms with E-state index in [9.17, 15) is 9.59 Å². The van der Waals surface area contributed by atoms with Crippen molar-refractivity contribution in [1.82, 2.24) is 20.4 Å². The normalized spacial score (nSPS) is 20.8. The second-order valence-electron chi connectivity index (χ2n) is 10.0. The molecule has 2 N–H and O–H groups in total. The fraction of sp³-hybridized carbons (Fsp3) is 0.379. The molecule has 0 radical (unpaired) electrons. The minimum Gasteiger partial charge on any atom is -0.350 e. The Hall–Kier alpha value is -2.64. The number of amides is 2. The number of carbonyl (C=O) groups excluding carboxylic acids is 2. The van der Waals surface area contributed by atoms with Crippen molar-refractivity contribution in [3.63, 3.8) is 0 Å². The smallest absolute Gasteiger partial charge is 0.251 e. The van der Waals surface area contributed by atoms with Gasteiger partial charge in [-0.1, -0.05) is 53.5 Å².